The Morgan fingerprint density at radius 1 is 1.29 bits per heavy atom. The highest BCUT2D eigenvalue weighted by Gasteiger charge is 2.24. The Hall–Kier alpha value is -0.570. The molecule has 1 aliphatic rings. The third kappa shape index (κ3) is 5.53. The quantitative estimate of drug-likeness (QED) is 0.776. The summed E-state index contributed by atoms with van der Waals surface area (Å²) in [6, 6.07) is 0. The number of nitrogens with one attached hydrogen (secondary N) is 1. The molecule has 0 saturated heterocycles. The molecule has 0 radical (unpaired) electrons. The average Bonchev–Trinajstić information content (AvgIpc) is 2.26. The van der Waals surface area contributed by atoms with Crippen molar-refractivity contribution in [1.82, 2.24) is 5.32 Å². The zero-order valence-corrected chi connectivity index (χ0v) is 11.4. The topological polar surface area (TPSA) is 49.3 Å². The van der Waals surface area contributed by atoms with E-state index in [-0.39, 0.29) is 17.9 Å². The molecular formula is C14H27NO2. The lowest BCUT2D eigenvalue weighted by molar-refractivity contribution is -0.126. The zero-order chi connectivity index (χ0) is 12.8. The minimum Gasteiger partial charge on any atom is -0.393 e. The zero-order valence-electron chi connectivity index (χ0n) is 11.4. The monoisotopic (exact) mass is 241 g/mol. The largest absolute Gasteiger partial charge is 0.393 e. The number of carbonyl (C=O) groups excluding carboxylic acids is 1. The normalized spacial score (nSPS) is 28.5. The molecule has 2 atom stereocenters. The Morgan fingerprint density at radius 2 is 1.88 bits per heavy atom. The van der Waals surface area contributed by atoms with Crippen molar-refractivity contribution < 1.29 is 9.90 Å². The van der Waals surface area contributed by atoms with Gasteiger partial charge in [0.05, 0.1) is 6.10 Å². The maximum absolute atomic E-state index is 11.9. The first-order chi connectivity index (χ1) is 7.99. The van der Waals surface area contributed by atoms with Gasteiger partial charge in [-0.2, -0.15) is 0 Å². The summed E-state index contributed by atoms with van der Waals surface area (Å²) < 4.78 is 0. The van der Waals surface area contributed by atoms with Crippen molar-refractivity contribution in [2.75, 3.05) is 6.54 Å². The molecule has 1 aliphatic carbocycles. The molecule has 0 aromatic rings. The molecule has 1 amide bonds. The molecule has 1 saturated carbocycles. The molecule has 0 aromatic carbocycles. The van der Waals surface area contributed by atoms with Crippen LogP contribution in [0.4, 0.5) is 0 Å². The Bertz CT molecular complexity index is 232. The molecule has 0 aromatic heterocycles. The fourth-order valence-corrected chi connectivity index (χ4v) is 2.61. The van der Waals surface area contributed by atoms with Crippen LogP contribution < -0.4 is 5.32 Å². The van der Waals surface area contributed by atoms with Crippen molar-refractivity contribution in [3.63, 3.8) is 0 Å². The third-order valence-electron chi connectivity index (χ3n) is 3.75. The molecule has 0 heterocycles. The minimum atomic E-state index is -0.280. The minimum absolute atomic E-state index is 0.217. The summed E-state index contributed by atoms with van der Waals surface area (Å²) >= 11 is 0. The molecule has 17 heavy (non-hydrogen) atoms. The van der Waals surface area contributed by atoms with E-state index in [0.29, 0.717) is 12.5 Å². The van der Waals surface area contributed by atoms with Gasteiger partial charge in [0.15, 0.2) is 0 Å². The summed E-state index contributed by atoms with van der Waals surface area (Å²) in [5, 5.41) is 12.3. The molecule has 1 fully saturated rings. The second-order valence-corrected chi connectivity index (χ2v) is 5.89. The van der Waals surface area contributed by atoms with E-state index in [1.165, 1.54) is 12.8 Å². The maximum Gasteiger partial charge on any atom is 0.223 e. The maximum atomic E-state index is 11.9. The van der Waals surface area contributed by atoms with Gasteiger partial charge in [0.2, 0.25) is 5.91 Å². The van der Waals surface area contributed by atoms with Crippen molar-refractivity contribution in [3.05, 3.63) is 0 Å². The average molecular weight is 241 g/mol. The number of rotatable bonds is 5. The van der Waals surface area contributed by atoms with E-state index < -0.39 is 0 Å². The van der Waals surface area contributed by atoms with Crippen LogP contribution in [0.3, 0.4) is 0 Å². The Balaban J connectivity index is 2.20. The van der Waals surface area contributed by atoms with Crippen LogP contribution in [-0.4, -0.2) is 23.7 Å². The molecule has 1 rings (SSSR count). The van der Waals surface area contributed by atoms with Gasteiger partial charge >= 0.3 is 0 Å². The highest BCUT2D eigenvalue weighted by Crippen LogP contribution is 2.28. The Kier molecular flexibility index (Phi) is 5.96. The highest BCUT2D eigenvalue weighted by atomic mass is 16.3. The lowest BCUT2D eigenvalue weighted by atomic mass is 9.82. The summed E-state index contributed by atoms with van der Waals surface area (Å²) in [5.74, 6) is 1.58. The second-order valence-electron chi connectivity index (χ2n) is 5.89. The van der Waals surface area contributed by atoms with Gasteiger partial charge in [-0.15, -0.1) is 0 Å². The van der Waals surface area contributed by atoms with Crippen LogP contribution in [-0.2, 0) is 4.79 Å². The second kappa shape index (κ2) is 7.00. The smallest absolute Gasteiger partial charge is 0.223 e. The Morgan fingerprint density at radius 3 is 2.41 bits per heavy atom. The molecule has 0 spiro atoms. The van der Waals surface area contributed by atoms with Crippen LogP contribution in [0, 0.1) is 17.8 Å². The van der Waals surface area contributed by atoms with Gasteiger partial charge in [-0.3, -0.25) is 4.79 Å². The Labute approximate surface area is 105 Å². The molecule has 0 bridgehead atoms. The van der Waals surface area contributed by atoms with Gasteiger partial charge in [0, 0.05) is 12.5 Å². The van der Waals surface area contributed by atoms with Crippen molar-refractivity contribution in [3.8, 4) is 0 Å². The van der Waals surface area contributed by atoms with Gasteiger partial charge in [-0.05, 0) is 50.9 Å². The van der Waals surface area contributed by atoms with Crippen molar-refractivity contribution in [2.45, 2.75) is 59.0 Å². The molecule has 2 unspecified atom stereocenters. The first kappa shape index (κ1) is 14.5. The number of amides is 1. The van der Waals surface area contributed by atoms with E-state index in [1.54, 1.807) is 6.92 Å². The predicted octanol–water partition coefficient (Wildman–Crippen LogP) is 2.34. The van der Waals surface area contributed by atoms with E-state index in [9.17, 15) is 9.90 Å². The lowest BCUT2D eigenvalue weighted by Crippen LogP contribution is -2.36. The molecular weight excluding hydrogens is 214 g/mol. The SMILES string of the molecule is CC(O)CC(C)CNC(=O)C1CCC(C)CC1. The predicted molar refractivity (Wildman–Crippen MR) is 69.6 cm³/mol. The molecule has 100 valence electrons. The fraction of sp³-hybridized carbons (Fsp3) is 0.929. The van der Waals surface area contributed by atoms with Crippen LogP contribution in [0.1, 0.15) is 52.9 Å². The van der Waals surface area contributed by atoms with Crippen LogP contribution in [0.2, 0.25) is 0 Å². The van der Waals surface area contributed by atoms with Gasteiger partial charge < -0.3 is 10.4 Å². The summed E-state index contributed by atoms with van der Waals surface area (Å²) in [6.45, 7) is 6.81. The van der Waals surface area contributed by atoms with E-state index in [1.807, 2.05) is 0 Å². The van der Waals surface area contributed by atoms with Gasteiger partial charge in [-0.1, -0.05) is 13.8 Å². The lowest BCUT2D eigenvalue weighted by Gasteiger charge is -2.26. The van der Waals surface area contributed by atoms with E-state index in [0.717, 1.165) is 25.2 Å². The van der Waals surface area contributed by atoms with E-state index in [2.05, 4.69) is 19.2 Å². The first-order valence-corrected chi connectivity index (χ1v) is 6.94. The number of carbonyl (C=O) groups is 1. The van der Waals surface area contributed by atoms with Gasteiger partial charge in [0.25, 0.3) is 0 Å². The van der Waals surface area contributed by atoms with Gasteiger partial charge in [0.1, 0.15) is 0 Å². The summed E-state index contributed by atoms with van der Waals surface area (Å²) in [7, 11) is 0. The van der Waals surface area contributed by atoms with Crippen LogP contribution >= 0.6 is 0 Å². The van der Waals surface area contributed by atoms with Gasteiger partial charge in [-0.25, -0.2) is 0 Å². The summed E-state index contributed by atoms with van der Waals surface area (Å²) in [4.78, 5) is 11.9. The molecule has 3 nitrogen and oxygen atoms in total. The summed E-state index contributed by atoms with van der Waals surface area (Å²) in [6.07, 6.45) is 4.91. The molecule has 2 N–H and O–H groups in total. The number of hydrogen-bond acceptors (Lipinski definition) is 2. The standard InChI is InChI=1S/C14H27NO2/c1-10-4-6-13(7-5-10)14(17)15-9-11(2)8-12(3)16/h10-13,16H,4-9H2,1-3H3,(H,15,17). The fourth-order valence-electron chi connectivity index (χ4n) is 2.61. The number of aliphatic hydroxyl groups excluding tert-OH is 1. The first-order valence-electron chi connectivity index (χ1n) is 6.94. The number of hydrogen-bond donors (Lipinski definition) is 2. The molecule has 0 aliphatic heterocycles. The molecule has 3 heteroatoms. The van der Waals surface area contributed by atoms with E-state index >= 15 is 0 Å². The van der Waals surface area contributed by atoms with Crippen LogP contribution in [0.5, 0.6) is 0 Å². The van der Waals surface area contributed by atoms with Crippen molar-refractivity contribution >= 4 is 5.91 Å². The van der Waals surface area contributed by atoms with E-state index in [4.69, 9.17) is 0 Å². The highest BCUT2D eigenvalue weighted by molar-refractivity contribution is 5.78. The van der Waals surface area contributed by atoms with Crippen molar-refractivity contribution in [2.24, 2.45) is 17.8 Å². The van der Waals surface area contributed by atoms with Crippen LogP contribution in [0.25, 0.3) is 0 Å². The third-order valence-corrected chi connectivity index (χ3v) is 3.75. The summed E-state index contributed by atoms with van der Waals surface area (Å²) in [5.41, 5.74) is 0. The van der Waals surface area contributed by atoms with Crippen molar-refractivity contribution in [1.29, 1.82) is 0 Å². The van der Waals surface area contributed by atoms with Crippen LogP contribution in [0.15, 0.2) is 0 Å². The number of aliphatic hydroxyl groups is 1.